The molecule has 0 radical (unpaired) electrons. The fourth-order valence-electron chi connectivity index (χ4n) is 1.77. The molecule has 7 nitrogen and oxygen atoms in total. The van der Waals surface area contributed by atoms with E-state index in [2.05, 4.69) is 20.3 Å². The SMILES string of the molecule is O=C(c1cnccn1)N1CC(n2ccnn2)C1. The summed E-state index contributed by atoms with van der Waals surface area (Å²) in [5.41, 5.74) is 0.379. The van der Waals surface area contributed by atoms with E-state index < -0.39 is 0 Å². The summed E-state index contributed by atoms with van der Waals surface area (Å²) in [6.07, 6.45) is 7.97. The summed E-state index contributed by atoms with van der Waals surface area (Å²) in [5.74, 6) is -0.0885. The summed E-state index contributed by atoms with van der Waals surface area (Å²) in [4.78, 5) is 21.5. The minimum Gasteiger partial charge on any atom is -0.333 e. The van der Waals surface area contributed by atoms with Crippen LogP contribution in [0.5, 0.6) is 0 Å². The van der Waals surface area contributed by atoms with Gasteiger partial charge in [-0.3, -0.25) is 9.78 Å². The first-order valence-corrected chi connectivity index (χ1v) is 5.25. The molecule has 3 rings (SSSR count). The van der Waals surface area contributed by atoms with Crippen molar-refractivity contribution in [2.45, 2.75) is 6.04 Å². The number of hydrogen-bond acceptors (Lipinski definition) is 5. The molecule has 2 aromatic heterocycles. The molecule has 1 aliphatic heterocycles. The lowest BCUT2D eigenvalue weighted by molar-refractivity contribution is 0.0492. The van der Waals surface area contributed by atoms with Crippen LogP contribution in [0.15, 0.2) is 31.0 Å². The third kappa shape index (κ3) is 1.75. The van der Waals surface area contributed by atoms with Crippen LogP contribution >= 0.6 is 0 Å². The van der Waals surface area contributed by atoms with E-state index in [9.17, 15) is 4.79 Å². The van der Waals surface area contributed by atoms with Gasteiger partial charge in [0.1, 0.15) is 5.69 Å². The molecule has 1 saturated heterocycles. The monoisotopic (exact) mass is 230 g/mol. The summed E-state index contributed by atoms with van der Waals surface area (Å²) in [5, 5.41) is 7.65. The van der Waals surface area contributed by atoms with E-state index in [-0.39, 0.29) is 11.9 Å². The summed E-state index contributed by atoms with van der Waals surface area (Å²) < 4.78 is 1.76. The first kappa shape index (κ1) is 9.88. The minimum absolute atomic E-state index is 0.0885. The Bertz CT molecular complexity index is 505. The largest absolute Gasteiger partial charge is 0.333 e. The van der Waals surface area contributed by atoms with Crippen LogP contribution in [0, 0.1) is 0 Å². The van der Waals surface area contributed by atoms with Gasteiger partial charge in [-0.1, -0.05) is 5.21 Å². The van der Waals surface area contributed by atoms with Crippen LogP contribution in [-0.2, 0) is 0 Å². The second-order valence-corrected chi connectivity index (χ2v) is 3.84. The van der Waals surface area contributed by atoms with Crippen LogP contribution in [0.1, 0.15) is 16.5 Å². The standard InChI is InChI=1S/C10H10N6O/c17-10(9-5-11-1-2-12-9)15-6-8(7-15)16-4-3-13-14-16/h1-5,8H,6-7H2. The number of carbonyl (C=O) groups is 1. The van der Waals surface area contributed by atoms with Crippen molar-refractivity contribution in [1.82, 2.24) is 29.9 Å². The van der Waals surface area contributed by atoms with Crippen molar-refractivity contribution >= 4 is 5.91 Å². The topological polar surface area (TPSA) is 76.8 Å². The highest BCUT2D eigenvalue weighted by molar-refractivity contribution is 5.92. The second kappa shape index (κ2) is 3.93. The third-order valence-electron chi connectivity index (χ3n) is 2.75. The number of rotatable bonds is 2. The predicted octanol–water partition coefficient (Wildman–Crippen LogP) is -0.235. The molecule has 1 aliphatic rings. The van der Waals surface area contributed by atoms with E-state index in [4.69, 9.17) is 0 Å². The molecule has 0 atom stereocenters. The highest BCUT2D eigenvalue weighted by atomic mass is 16.2. The highest BCUT2D eigenvalue weighted by Crippen LogP contribution is 2.21. The van der Waals surface area contributed by atoms with Crippen molar-refractivity contribution in [3.63, 3.8) is 0 Å². The summed E-state index contributed by atoms with van der Waals surface area (Å²) in [7, 11) is 0. The average molecular weight is 230 g/mol. The summed E-state index contributed by atoms with van der Waals surface area (Å²) in [6.45, 7) is 1.28. The lowest BCUT2D eigenvalue weighted by Gasteiger charge is -2.38. The van der Waals surface area contributed by atoms with Gasteiger partial charge < -0.3 is 4.90 Å². The van der Waals surface area contributed by atoms with Gasteiger partial charge in [0.2, 0.25) is 0 Å². The van der Waals surface area contributed by atoms with Gasteiger partial charge in [-0.15, -0.1) is 5.10 Å². The molecule has 7 heteroatoms. The van der Waals surface area contributed by atoms with E-state index in [0.717, 1.165) is 0 Å². The number of carbonyl (C=O) groups excluding carboxylic acids is 1. The second-order valence-electron chi connectivity index (χ2n) is 3.84. The van der Waals surface area contributed by atoms with E-state index in [0.29, 0.717) is 18.8 Å². The van der Waals surface area contributed by atoms with E-state index in [1.54, 1.807) is 28.2 Å². The Morgan fingerprint density at radius 3 is 2.82 bits per heavy atom. The lowest BCUT2D eigenvalue weighted by Crippen LogP contribution is -2.51. The number of aromatic nitrogens is 5. The quantitative estimate of drug-likeness (QED) is 0.712. The molecule has 86 valence electrons. The molecule has 0 N–H and O–H groups in total. The van der Waals surface area contributed by atoms with Gasteiger partial charge in [0.25, 0.3) is 5.91 Å². The normalized spacial score (nSPS) is 15.6. The average Bonchev–Trinajstić information content (AvgIpc) is 2.82. The lowest BCUT2D eigenvalue weighted by atomic mass is 10.1. The van der Waals surface area contributed by atoms with Crippen molar-refractivity contribution in [1.29, 1.82) is 0 Å². The Balaban J connectivity index is 1.65. The molecular formula is C10H10N6O. The van der Waals surface area contributed by atoms with E-state index >= 15 is 0 Å². The maximum absolute atomic E-state index is 11.9. The fraction of sp³-hybridized carbons (Fsp3) is 0.300. The molecule has 0 aromatic carbocycles. The number of amides is 1. The molecule has 0 aliphatic carbocycles. The van der Waals surface area contributed by atoms with Crippen molar-refractivity contribution in [3.05, 3.63) is 36.7 Å². The van der Waals surface area contributed by atoms with Crippen molar-refractivity contribution in [3.8, 4) is 0 Å². The van der Waals surface area contributed by atoms with E-state index in [1.165, 1.54) is 12.4 Å². The molecular weight excluding hydrogens is 220 g/mol. The van der Waals surface area contributed by atoms with Crippen molar-refractivity contribution in [2.24, 2.45) is 0 Å². The Morgan fingerprint density at radius 2 is 2.18 bits per heavy atom. The van der Waals surface area contributed by atoms with Gasteiger partial charge in [0.15, 0.2) is 0 Å². The molecule has 0 spiro atoms. The zero-order valence-electron chi connectivity index (χ0n) is 8.97. The fourth-order valence-corrected chi connectivity index (χ4v) is 1.77. The highest BCUT2D eigenvalue weighted by Gasteiger charge is 2.33. The molecule has 1 fully saturated rings. The van der Waals surface area contributed by atoms with E-state index in [1.807, 2.05) is 0 Å². The Labute approximate surface area is 97.1 Å². The van der Waals surface area contributed by atoms with Crippen LogP contribution in [0.3, 0.4) is 0 Å². The van der Waals surface area contributed by atoms with Crippen LogP contribution in [0.25, 0.3) is 0 Å². The van der Waals surface area contributed by atoms with Crippen LogP contribution in [0.2, 0.25) is 0 Å². The van der Waals surface area contributed by atoms with Crippen LogP contribution in [0.4, 0.5) is 0 Å². The van der Waals surface area contributed by atoms with Gasteiger partial charge in [0.05, 0.1) is 18.4 Å². The van der Waals surface area contributed by atoms with Crippen molar-refractivity contribution < 1.29 is 4.79 Å². The zero-order valence-corrected chi connectivity index (χ0v) is 8.97. The molecule has 2 aromatic rings. The number of likely N-dealkylation sites (tertiary alicyclic amines) is 1. The number of hydrogen-bond donors (Lipinski definition) is 0. The van der Waals surface area contributed by atoms with Crippen molar-refractivity contribution in [2.75, 3.05) is 13.1 Å². The summed E-state index contributed by atoms with van der Waals surface area (Å²) >= 11 is 0. The molecule has 0 unspecified atom stereocenters. The van der Waals surface area contributed by atoms with Gasteiger partial charge in [-0.05, 0) is 0 Å². The predicted molar refractivity (Wildman–Crippen MR) is 57.0 cm³/mol. The van der Waals surface area contributed by atoms with Gasteiger partial charge in [0, 0.05) is 31.7 Å². The first-order valence-electron chi connectivity index (χ1n) is 5.25. The Morgan fingerprint density at radius 1 is 1.29 bits per heavy atom. The molecule has 0 bridgehead atoms. The zero-order chi connectivity index (χ0) is 11.7. The van der Waals surface area contributed by atoms with Gasteiger partial charge >= 0.3 is 0 Å². The first-order chi connectivity index (χ1) is 8.34. The van der Waals surface area contributed by atoms with Gasteiger partial charge in [-0.25, -0.2) is 9.67 Å². The Hall–Kier alpha value is -2.31. The smallest absolute Gasteiger partial charge is 0.274 e. The maximum Gasteiger partial charge on any atom is 0.274 e. The maximum atomic E-state index is 11.9. The molecule has 17 heavy (non-hydrogen) atoms. The number of nitrogens with zero attached hydrogens (tertiary/aromatic N) is 6. The Kier molecular flexibility index (Phi) is 2.28. The van der Waals surface area contributed by atoms with Crippen LogP contribution < -0.4 is 0 Å². The molecule has 3 heterocycles. The minimum atomic E-state index is -0.0885. The molecule has 1 amide bonds. The summed E-state index contributed by atoms with van der Waals surface area (Å²) in [6, 6.07) is 0.220. The van der Waals surface area contributed by atoms with Gasteiger partial charge in [-0.2, -0.15) is 0 Å². The van der Waals surface area contributed by atoms with Crippen LogP contribution in [-0.4, -0.2) is 48.9 Å². The third-order valence-corrected chi connectivity index (χ3v) is 2.75. The molecule has 0 saturated carbocycles.